The zero-order valence-corrected chi connectivity index (χ0v) is 11.5. The third-order valence-electron chi connectivity index (χ3n) is 4.58. The fraction of sp³-hybridized carbons (Fsp3) is 0.375. The van der Waals surface area contributed by atoms with Crippen molar-refractivity contribution in [1.29, 1.82) is 0 Å². The van der Waals surface area contributed by atoms with Crippen LogP contribution in [0.2, 0.25) is 0 Å². The van der Waals surface area contributed by atoms with Crippen molar-refractivity contribution in [3.05, 3.63) is 42.1 Å². The highest BCUT2D eigenvalue weighted by atomic mass is 16.5. The van der Waals surface area contributed by atoms with Crippen molar-refractivity contribution < 1.29 is 9.53 Å². The van der Waals surface area contributed by atoms with Gasteiger partial charge in [-0.25, -0.2) is 4.98 Å². The molecular formula is C16H17N3O2. The molecule has 21 heavy (non-hydrogen) atoms. The van der Waals surface area contributed by atoms with Gasteiger partial charge in [0, 0.05) is 24.0 Å². The molecule has 5 heteroatoms. The average molecular weight is 283 g/mol. The largest absolute Gasteiger partial charge is 0.376 e. The summed E-state index contributed by atoms with van der Waals surface area (Å²) in [5.41, 5.74) is 7.35. The highest BCUT2D eigenvalue weighted by Crippen LogP contribution is 2.37. The molecule has 1 saturated heterocycles. The maximum absolute atomic E-state index is 12.3. The number of hydrogen-bond donors (Lipinski definition) is 2. The van der Waals surface area contributed by atoms with Crippen LogP contribution in [0.5, 0.6) is 0 Å². The summed E-state index contributed by atoms with van der Waals surface area (Å²) in [6.07, 6.45) is 1.07. The number of benzene rings is 1. The first-order valence-electron chi connectivity index (χ1n) is 7.28. The van der Waals surface area contributed by atoms with Crippen molar-refractivity contribution in [3.63, 3.8) is 0 Å². The summed E-state index contributed by atoms with van der Waals surface area (Å²) in [5.74, 6) is 0.204. The minimum atomic E-state index is -0.185. The Balaban J connectivity index is 1.53. The quantitative estimate of drug-likeness (QED) is 0.864. The molecule has 2 heterocycles. The number of rotatable bonds is 2. The number of amides is 1. The summed E-state index contributed by atoms with van der Waals surface area (Å²) < 4.78 is 5.63. The lowest BCUT2D eigenvalue weighted by atomic mass is 9.72. The van der Waals surface area contributed by atoms with Crippen molar-refractivity contribution in [2.24, 2.45) is 11.7 Å². The van der Waals surface area contributed by atoms with Gasteiger partial charge in [-0.05, 0) is 18.6 Å². The lowest BCUT2D eigenvalue weighted by Crippen LogP contribution is -2.69. The highest BCUT2D eigenvalue weighted by Gasteiger charge is 2.52. The van der Waals surface area contributed by atoms with Crippen molar-refractivity contribution >= 4 is 16.8 Å². The predicted molar refractivity (Wildman–Crippen MR) is 78.8 cm³/mol. The SMILES string of the molecule is NC1C2CCOC2C1NC(=O)c1ccc2ccccc2n1. The van der Waals surface area contributed by atoms with Crippen molar-refractivity contribution in [2.45, 2.75) is 24.6 Å². The lowest BCUT2D eigenvalue weighted by molar-refractivity contribution is -0.0161. The third kappa shape index (κ3) is 2.01. The van der Waals surface area contributed by atoms with E-state index in [1.807, 2.05) is 30.3 Å². The molecule has 1 aliphatic carbocycles. The van der Waals surface area contributed by atoms with Gasteiger partial charge in [-0.1, -0.05) is 24.3 Å². The van der Waals surface area contributed by atoms with Crippen LogP contribution in [-0.2, 0) is 4.74 Å². The number of fused-ring (bicyclic) bond motifs is 2. The van der Waals surface area contributed by atoms with Crippen LogP contribution in [0.3, 0.4) is 0 Å². The fourth-order valence-electron chi connectivity index (χ4n) is 3.35. The summed E-state index contributed by atoms with van der Waals surface area (Å²) in [6, 6.07) is 11.3. The Morgan fingerprint density at radius 3 is 3.05 bits per heavy atom. The van der Waals surface area contributed by atoms with Gasteiger partial charge in [0.1, 0.15) is 5.69 Å². The van der Waals surface area contributed by atoms with Crippen molar-refractivity contribution in [2.75, 3.05) is 6.61 Å². The molecule has 4 rings (SSSR count). The first-order chi connectivity index (χ1) is 10.2. The number of nitrogens with zero attached hydrogens (tertiary/aromatic N) is 1. The van der Waals surface area contributed by atoms with E-state index < -0.39 is 0 Å². The number of hydrogen-bond acceptors (Lipinski definition) is 4. The first-order valence-corrected chi connectivity index (χ1v) is 7.28. The van der Waals surface area contributed by atoms with Crippen molar-refractivity contribution in [3.8, 4) is 0 Å². The van der Waals surface area contributed by atoms with E-state index in [0.717, 1.165) is 23.9 Å². The molecule has 4 atom stereocenters. The van der Waals surface area contributed by atoms with Crippen LogP contribution < -0.4 is 11.1 Å². The zero-order valence-electron chi connectivity index (χ0n) is 11.5. The van der Waals surface area contributed by atoms with E-state index in [1.165, 1.54) is 0 Å². The minimum absolute atomic E-state index is 0.0121. The van der Waals surface area contributed by atoms with Gasteiger partial charge in [0.2, 0.25) is 0 Å². The second-order valence-corrected chi connectivity index (χ2v) is 5.75. The Hall–Kier alpha value is -1.98. The Bertz CT molecular complexity index is 703. The number of aromatic nitrogens is 1. The van der Waals surface area contributed by atoms with Gasteiger partial charge in [-0.3, -0.25) is 4.79 Å². The average Bonchev–Trinajstić information content (AvgIpc) is 2.96. The minimum Gasteiger partial charge on any atom is -0.376 e. The van der Waals surface area contributed by atoms with Crippen LogP contribution in [0, 0.1) is 5.92 Å². The zero-order chi connectivity index (χ0) is 14.4. The van der Waals surface area contributed by atoms with Gasteiger partial charge in [-0.15, -0.1) is 0 Å². The molecule has 1 saturated carbocycles. The van der Waals surface area contributed by atoms with Crippen LogP contribution >= 0.6 is 0 Å². The molecule has 1 aromatic carbocycles. The topological polar surface area (TPSA) is 77.2 Å². The molecule has 5 nitrogen and oxygen atoms in total. The van der Waals surface area contributed by atoms with E-state index in [0.29, 0.717) is 11.6 Å². The predicted octanol–water partition coefficient (Wildman–Crippen LogP) is 1.08. The molecule has 3 N–H and O–H groups in total. The Kier molecular flexibility index (Phi) is 2.90. The Morgan fingerprint density at radius 2 is 2.14 bits per heavy atom. The van der Waals surface area contributed by atoms with Crippen LogP contribution in [0.1, 0.15) is 16.9 Å². The van der Waals surface area contributed by atoms with Crippen LogP contribution in [-0.4, -0.2) is 35.7 Å². The first kappa shape index (κ1) is 12.7. The monoisotopic (exact) mass is 283 g/mol. The smallest absolute Gasteiger partial charge is 0.270 e. The van der Waals surface area contributed by atoms with Gasteiger partial charge in [0.15, 0.2) is 0 Å². The fourth-order valence-corrected chi connectivity index (χ4v) is 3.35. The van der Waals surface area contributed by atoms with E-state index in [1.54, 1.807) is 6.07 Å². The standard InChI is InChI=1S/C16H17N3O2/c17-13-10-7-8-21-15(10)14(13)19-16(20)12-6-5-9-3-1-2-4-11(9)18-12/h1-6,10,13-15H,7-8,17H2,(H,19,20). The van der Waals surface area contributed by atoms with E-state index in [-0.39, 0.29) is 24.1 Å². The molecule has 2 aromatic rings. The Labute approximate surface area is 122 Å². The van der Waals surface area contributed by atoms with Gasteiger partial charge in [0.25, 0.3) is 5.91 Å². The summed E-state index contributed by atoms with van der Waals surface area (Å²) in [6.45, 7) is 0.740. The molecule has 108 valence electrons. The summed E-state index contributed by atoms with van der Waals surface area (Å²) in [7, 11) is 0. The molecule has 1 amide bonds. The normalized spacial score (nSPS) is 30.7. The number of nitrogens with one attached hydrogen (secondary N) is 1. The third-order valence-corrected chi connectivity index (χ3v) is 4.58. The second-order valence-electron chi connectivity index (χ2n) is 5.75. The van der Waals surface area contributed by atoms with Crippen LogP contribution in [0.15, 0.2) is 36.4 Å². The summed E-state index contributed by atoms with van der Waals surface area (Å²) >= 11 is 0. The maximum Gasteiger partial charge on any atom is 0.270 e. The lowest BCUT2D eigenvalue weighted by Gasteiger charge is -2.45. The molecule has 0 spiro atoms. The molecule has 0 bridgehead atoms. The highest BCUT2D eigenvalue weighted by molar-refractivity contribution is 5.95. The number of nitrogens with two attached hydrogens (primary N) is 1. The molecular weight excluding hydrogens is 266 g/mol. The van der Waals surface area contributed by atoms with E-state index in [4.69, 9.17) is 10.5 Å². The van der Waals surface area contributed by atoms with E-state index in [2.05, 4.69) is 10.3 Å². The molecule has 1 aromatic heterocycles. The van der Waals surface area contributed by atoms with Gasteiger partial charge < -0.3 is 15.8 Å². The molecule has 4 unspecified atom stereocenters. The second kappa shape index (κ2) is 4.79. The molecule has 2 fully saturated rings. The van der Waals surface area contributed by atoms with Crippen LogP contribution in [0.25, 0.3) is 10.9 Å². The number of pyridine rings is 1. The number of ether oxygens (including phenoxy) is 1. The molecule has 1 aliphatic heterocycles. The van der Waals surface area contributed by atoms with E-state index in [9.17, 15) is 4.79 Å². The van der Waals surface area contributed by atoms with Gasteiger partial charge in [-0.2, -0.15) is 0 Å². The Morgan fingerprint density at radius 1 is 1.29 bits per heavy atom. The van der Waals surface area contributed by atoms with E-state index >= 15 is 0 Å². The number of carbonyl (C=O) groups is 1. The van der Waals surface area contributed by atoms with Gasteiger partial charge in [0.05, 0.1) is 17.7 Å². The summed E-state index contributed by atoms with van der Waals surface area (Å²) in [5, 5.41) is 3.99. The molecule has 2 aliphatic rings. The maximum atomic E-state index is 12.3. The number of carbonyl (C=O) groups excluding carboxylic acids is 1. The van der Waals surface area contributed by atoms with Crippen LogP contribution in [0.4, 0.5) is 0 Å². The number of para-hydroxylation sites is 1. The summed E-state index contributed by atoms with van der Waals surface area (Å²) in [4.78, 5) is 16.7. The van der Waals surface area contributed by atoms with Crippen molar-refractivity contribution in [1.82, 2.24) is 10.3 Å². The molecule has 0 radical (unpaired) electrons. The van der Waals surface area contributed by atoms with Gasteiger partial charge >= 0.3 is 0 Å².